The van der Waals surface area contributed by atoms with E-state index in [4.69, 9.17) is 0 Å². The summed E-state index contributed by atoms with van der Waals surface area (Å²) in [5, 5.41) is 3.42. The molecule has 1 saturated carbocycles. The third-order valence-corrected chi connectivity index (χ3v) is 6.64. The molecule has 0 saturated heterocycles. The molecule has 0 aliphatic heterocycles. The van der Waals surface area contributed by atoms with E-state index in [-0.39, 0.29) is 6.04 Å². The second kappa shape index (κ2) is 6.77. The van der Waals surface area contributed by atoms with Crippen molar-refractivity contribution >= 4 is 26.0 Å². The van der Waals surface area contributed by atoms with Crippen molar-refractivity contribution in [3.8, 4) is 0 Å². The number of hydrogen-bond acceptors (Lipinski definition) is 3. The van der Waals surface area contributed by atoms with Crippen LogP contribution in [-0.4, -0.2) is 20.5 Å². The molecule has 2 rings (SSSR count). The van der Waals surface area contributed by atoms with Gasteiger partial charge in [0.25, 0.3) is 0 Å². The molecule has 0 amide bonds. The number of hydrogen-bond donors (Lipinski definition) is 2. The first kappa shape index (κ1) is 16.9. The Morgan fingerprint density at radius 2 is 2.05 bits per heavy atom. The average molecular weight is 375 g/mol. The standard InChI is InChI=1S/C15H23BrN2O2S/c1-4-11(3)18-21(19,20)14-8-12(7-10(2)15(14)16)9-17-13-5-6-13/h7-8,11,13,17-18H,4-6,9H2,1-3H3. The van der Waals surface area contributed by atoms with Crippen molar-refractivity contribution in [2.75, 3.05) is 0 Å². The summed E-state index contributed by atoms with van der Waals surface area (Å²) in [5.74, 6) is 0. The number of nitrogens with one attached hydrogen (secondary N) is 2. The van der Waals surface area contributed by atoms with Crippen LogP contribution < -0.4 is 10.0 Å². The normalized spacial score (nSPS) is 17.0. The molecular weight excluding hydrogens is 352 g/mol. The van der Waals surface area contributed by atoms with Gasteiger partial charge in [0, 0.05) is 23.1 Å². The van der Waals surface area contributed by atoms with E-state index in [1.54, 1.807) is 6.07 Å². The predicted molar refractivity (Wildman–Crippen MR) is 88.8 cm³/mol. The third kappa shape index (κ3) is 4.52. The summed E-state index contributed by atoms with van der Waals surface area (Å²) in [6.07, 6.45) is 3.20. The fourth-order valence-electron chi connectivity index (χ4n) is 2.07. The summed E-state index contributed by atoms with van der Waals surface area (Å²) in [6, 6.07) is 4.32. The zero-order chi connectivity index (χ0) is 15.6. The highest BCUT2D eigenvalue weighted by atomic mass is 79.9. The van der Waals surface area contributed by atoms with Gasteiger partial charge in [-0.05, 0) is 66.2 Å². The van der Waals surface area contributed by atoms with Crippen molar-refractivity contribution in [3.05, 3.63) is 27.7 Å². The Kier molecular flexibility index (Phi) is 5.46. The highest BCUT2D eigenvalue weighted by molar-refractivity contribution is 9.10. The minimum Gasteiger partial charge on any atom is -0.310 e. The first-order valence-electron chi connectivity index (χ1n) is 7.38. The van der Waals surface area contributed by atoms with Crippen LogP contribution >= 0.6 is 15.9 Å². The van der Waals surface area contributed by atoms with Crippen molar-refractivity contribution in [3.63, 3.8) is 0 Å². The van der Waals surface area contributed by atoms with Gasteiger partial charge in [-0.25, -0.2) is 13.1 Å². The minimum absolute atomic E-state index is 0.0737. The van der Waals surface area contributed by atoms with Crippen LogP contribution in [0.25, 0.3) is 0 Å². The van der Waals surface area contributed by atoms with E-state index < -0.39 is 10.0 Å². The molecule has 1 aromatic rings. The van der Waals surface area contributed by atoms with E-state index in [2.05, 4.69) is 26.0 Å². The molecule has 21 heavy (non-hydrogen) atoms. The smallest absolute Gasteiger partial charge is 0.241 e. The van der Waals surface area contributed by atoms with Crippen LogP contribution in [0, 0.1) is 6.92 Å². The number of rotatable bonds is 7. The fourth-order valence-corrected chi connectivity index (χ4v) is 4.46. The molecule has 0 heterocycles. The molecule has 1 unspecified atom stereocenters. The van der Waals surface area contributed by atoms with E-state index in [0.717, 1.165) is 17.5 Å². The van der Waals surface area contributed by atoms with E-state index in [1.807, 2.05) is 26.8 Å². The SMILES string of the molecule is CCC(C)NS(=O)(=O)c1cc(CNC2CC2)cc(C)c1Br. The van der Waals surface area contributed by atoms with Crippen LogP contribution in [0.15, 0.2) is 21.5 Å². The lowest BCUT2D eigenvalue weighted by atomic mass is 10.1. The van der Waals surface area contributed by atoms with Gasteiger partial charge < -0.3 is 5.32 Å². The van der Waals surface area contributed by atoms with E-state index >= 15 is 0 Å². The maximum absolute atomic E-state index is 12.5. The topological polar surface area (TPSA) is 58.2 Å². The van der Waals surface area contributed by atoms with Crippen molar-refractivity contribution in [2.45, 2.75) is 63.6 Å². The predicted octanol–water partition coefficient (Wildman–Crippen LogP) is 3.09. The summed E-state index contributed by atoms with van der Waals surface area (Å²) in [7, 11) is -3.49. The summed E-state index contributed by atoms with van der Waals surface area (Å²) >= 11 is 3.41. The maximum Gasteiger partial charge on any atom is 0.241 e. The molecule has 0 aromatic heterocycles. The number of sulfonamides is 1. The van der Waals surface area contributed by atoms with Crippen molar-refractivity contribution in [1.82, 2.24) is 10.0 Å². The van der Waals surface area contributed by atoms with Gasteiger partial charge in [0.2, 0.25) is 10.0 Å². The molecule has 2 N–H and O–H groups in total. The van der Waals surface area contributed by atoms with Crippen LogP contribution in [0.5, 0.6) is 0 Å². The van der Waals surface area contributed by atoms with E-state index in [9.17, 15) is 8.42 Å². The average Bonchev–Trinajstić information content (AvgIpc) is 3.23. The molecule has 118 valence electrons. The Morgan fingerprint density at radius 3 is 2.62 bits per heavy atom. The molecule has 1 aliphatic rings. The molecule has 1 atom stereocenters. The van der Waals surface area contributed by atoms with Gasteiger partial charge in [0.1, 0.15) is 0 Å². The van der Waals surface area contributed by atoms with Gasteiger partial charge in [-0.2, -0.15) is 0 Å². The molecule has 0 bridgehead atoms. The molecule has 1 aliphatic carbocycles. The van der Waals surface area contributed by atoms with Crippen molar-refractivity contribution in [2.24, 2.45) is 0 Å². The Morgan fingerprint density at radius 1 is 1.38 bits per heavy atom. The van der Waals surface area contributed by atoms with Crippen LogP contribution in [0.4, 0.5) is 0 Å². The highest BCUT2D eigenvalue weighted by Crippen LogP contribution is 2.28. The molecule has 1 aromatic carbocycles. The third-order valence-electron chi connectivity index (χ3n) is 3.71. The summed E-state index contributed by atoms with van der Waals surface area (Å²) in [4.78, 5) is 0.329. The first-order chi connectivity index (χ1) is 9.83. The van der Waals surface area contributed by atoms with Crippen molar-refractivity contribution in [1.29, 1.82) is 0 Å². The first-order valence-corrected chi connectivity index (χ1v) is 9.66. The zero-order valence-corrected chi connectivity index (χ0v) is 15.1. The minimum atomic E-state index is -3.49. The quantitative estimate of drug-likeness (QED) is 0.770. The van der Waals surface area contributed by atoms with E-state index in [1.165, 1.54) is 12.8 Å². The summed E-state index contributed by atoms with van der Waals surface area (Å²) in [6.45, 7) is 6.47. The molecule has 0 radical (unpaired) electrons. The van der Waals surface area contributed by atoms with Crippen LogP contribution in [0.1, 0.15) is 44.2 Å². The summed E-state index contributed by atoms with van der Waals surface area (Å²) < 4.78 is 28.4. The Balaban J connectivity index is 2.27. The number of aryl methyl sites for hydroxylation is 1. The maximum atomic E-state index is 12.5. The molecule has 0 spiro atoms. The second-order valence-corrected chi connectivity index (χ2v) is 8.29. The van der Waals surface area contributed by atoms with Crippen molar-refractivity contribution < 1.29 is 8.42 Å². The van der Waals surface area contributed by atoms with Gasteiger partial charge >= 0.3 is 0 Å². The van der Waals surface area contributed by atoms with Gasteiger partial charge in [-0.3, -0.25) is 0 Å². The molecule has 1 fully saturated rings. The van der Waals surface area contributed by atoms with Crippen LogP contribution in [0.2, 0.25) is 0 Å². The largest absolute Gasteiger partial charge is 0.310 e. The van der Waals surface area contributed by atoms with Crippen LogP contribution in [-0.2, 0) is 16.6 Å². The van der Waals surface area contributed by atoms with E-state index in [0.29, 0.717) is 22.0 Å². The molecule has 6 heteroatoms. The second-order valence-electron chi connectivity index (χ2n) is 5.81. The Bertz CT molecular complexity index is 612. The fraction of sp³-hybridized carbons (Fsp3) is 0.600. The van der Waals surface area contributed by atoms with Gasteiger partial charge in [0.05, 0.1) is 4.90 Å². The lowest BCUT2D eigenvalue weighted by Crippen LogP contribution is -2.32. The number of benzene rings is 1. The zero-order valence-electron chi connectivity index (χ0n) is 12.7. The highest BCUT2D eigenvalue weighted by Gasteiger charge is 2.23. The number of halogens is 1. The van der Waals surface area contributed by atoms with Gasteiger partial charge in [-0.15, -0.1) is 0 Å². The van der Waals surface area contributed by atoms with Gasteiger partial charge in [-0.1, -0.05) is 13.0 Å². The Labute approximate surface area is 135 Å². The van der Waals surface area contributed by atoms with Gasteiger partial charge in [0.15, 0.2) is 0 Å². The molecule has 4 nitrogen and oxygen atoms in total. The lowest BCUT2D eigenvalue weighted by Gasteiger charge is -2.16. The molecular formula is C15H23BrN2O2S. The Hall–Kier alpha value is -0.430. The lowest BCUT2D eigenvalue weighted by molar-refractivity contribution is 0.555. The van der Waals surface area contributed by atoms with Crippen LogP contribution in [0.3, 0.4) is 0 Å². The monoisotopic (exact) mass is 374 g/mol. The summed E-state index contributed by atoms with van der Waals surface area (Å²) in [5.41, 5.74) is 1.95.